The van der Waals surface area contributed by atoms with Crippen LogP contribution < -0.4 is 17.0 Å². The Bertz CT molecular complexity index is 8.00. The van der Waals surface area contributed by atoms with Crippen LogP contribution in [0.25, 0.3) is 0 Å². The van der Waals surface area contributed by atoms with E-state index in [1.807, 2.05) is 0 Å². The third-order valence-electron chi connectivity index (χ3n) is 0. The molecule has 0 unspecified atom stereocenters. The molecule has 3 heteroatoms. The zero-order valence-electron chi connectivity index (χ0n) is 2.17. The summed E-state index contributed by atoms with van der Waals surface area (Å²) in [7, 11) is 0. The molecule has 0 aromatic rings. The van der Waals surface area contributed by atoms with Crippen LogP contribution in [0.4, 0.5) is 0 Å². The summed E-state index contributed by atoms with van der Waals surface area (Å²) in [6.45, 7) is 0. The van der Waals surface area contributed by atoms with Crippen molar-refractivity contribution in [1.82, 2.24) is 0 Å². The molecular weight excluding hydrogens is 152 g/mol. The van der Waals surface area contributed by atoms with Crippen LogP contribution >= 0.6 is 11.6 Å². The molecule has 0 nitrogen and oxygen atoms in total. The predicted octanol–water partition coefficient (Wildman–Crippen LogP) is -2.36. The van der Waals surface area contributed by atoms with Crippen LogP contribution in [0.2, 0.25) is 0 Å². The summed E-state index contributed by atoms with van der Waals surface area (Å²) in [6, 6.07) is 0. The van der Waals surface area contributed by atoms with Crippen molar-refractivity contribution in [2.75, 3.05) is 0 Å². The van der Waals surface area contributed by atoms with Crippen LogP contribution in [0.5, 0.6) is 0 Å². The van der Waals surface area contributed by atoms with Crippen molar-refractivity contribution in [3.63, 3.8) is 0 Å². The molecule has 0 aliphatic carbocycles. The van der Waals surface area contributed by atoms with Gasteiger partial charge in [-0.15, -0.1) is 0 Å². The second-order valence-corrected chi connectivity index (χ2v) is 0. The Morgan fingerprint density at radius 2 is 1.25 bits per heavy atom. The Labute approximate surface area is 57.8 Å². The van der Waals surface area contributed by atoms with Gasteiger partial charge in [-0.1, -0.05) is 0 Å². The van der Waals surface area contributed by atoms with Crippen LogP contribution in [0, 0.1) is 6.38 Å². The zero-order chi connectivity index (χ0) is 2.00. The minimum atomic E-state index is 0. The van der Waals surface area contributed by atoms with Gasteiger partial charge < -0.3 is 28.6 Å². The summed E-state index contributed by atoms with van der Waals surface area (Å²) in [5.74, 6) is 0. The normalized spacial score (nSPS) is 1.50. The monoisotopic (exact) mass is 152 g/mol. The molecule has 0 spiro atoms. The molecular formula is CH2BrClMg. The van der Waals surface area contributed by atoms with E-state index in [1.54, 1.807) is 0 Å². The van der Waals surface area contributed by atoms with Crippen molar-refractivity contribution in [3.05, 3.63) is 6.38 Å². The second kappa shape index (κ2) is 24.0. The van der Waals surface area contributed by atoms with Crippen molar-refractivity contribution < 1.29 is 17.0 Å². The molecule has 0 rings (SSSR count). The molecule has 0 fully saturated rings. The molecule has 0 atom stereocenters. The molecule has 0 saturated heterocycles. The average molecular weight is 154 g/mol. The first-order valence-electron chi connectivity index (χ1n) is 0.267. The molecule has 22 valence electrons. The number of hydrogen-bond donors (Lipinski definition) is 0. The van der Waals surface area contributed by atoms with Gasteiger partial charge in [0.05, 0.1) is 0 Å². The summed E-state index contributed by atoms with van der Waals surface area (Å²) in [4.78, 5) is 0. The first kappa shape index (κ1) is 17.7. The maximum absolute atomic E-state index is 4.39. The molecule has 0 heterocycles. The molecule has 0 N–H and O–H groups in total. The van der Waals surface area contributed by atoms with E-state index in [1.165, 1.54) is 0 Å². The van der Waals surface area contributed by atoms with Gasteiger partial charge in [-0.3, -0.25) is 6.38 Å². The second-order valence-electron chi connectivity index (χ2n) is 0. The minimum absolute atomic E-state index is 0. The van der Waals surface area contributed by atoms with E-state index in [4.69, 9.17) is 0 Å². The van der Waals surface area contributed by atoms with E-state index < -0.39 is 0 Å². The molecule has 0 saturated carbocycles. The van der Waals surface area contributed by atoms with Gasteiger partial charge in [0, 0.05) is 0 Å². The van der Waals surface area contributed by atoms with Crippen molar-refractivity contribution in [2.45, 2.75) is 0 Å². The molecule has 0 radical (unpaired) electrons. The average Bonchev–Trinajstić information content (AvgIpc) is 1.00. The summed E-state index contributed by atoms with van der Waals surface area (Å²) >= 11 is 4.39. The van der Waals surface area contributed by atoms with Crippen molar-refractivity contribution >= 4 is 34.7 Å². The summed E-state index contributed by atoms with van der Waals surface area (Å²) in [5, 5.41) is 0. The number of rotatable bonds is 0. The van der Waals surface area contributed by atoms with E-state index in [2.05, 4.69) is 18.0 Å². The number of hydrogen-bond acceptors (Lipinski definition) is 0. The maximum Gasteiger partial charge on any atom is 2.00 e. The molecule has 0 aromatic heterocycles. The van der Waals surface area contributed by atoms with Crippen LogP contribution in [0.1, 0.15) is 0 Å². The molecule has 4 heavy (non-hydrogen) atoms. The Balaban J connectivity index is -0.00000000500. The van der Waals surface area contributed by atoms with Crippen molar-refractivity contribution in [2.24, 2.45) is 0 Å². The predicted molar refractivity (Wildman–Crippen MR) is 17.0 cm³/mol. The van der Waals surface area contributed by atoms with E-state index in [9.17, 15) is 0 Å². The summed E-state index contributed by atoms with van der Waals surface area (Å²) in [6.07, 6.45) is 2.72. The molecule has 0 amide bonds. The zero-order valence-corrected chi connectivity index (χ0v) is 5.93. The van der Waals surface area contributed by atoms with Gasteiger partial charge in [-0.2, -0.15) is 0 Å². The standard InChI is InChI=1S/CH2Cl.BrH.Mg/c1-2;;/h1H2;1H;/q-1;;+2/p-1. The topological polar surface area (TPSA) is 0 Å². The van der Waals surface area contributed by atoms with Gasteiger partial charge in [0.15, 0.2) is 0 Å². The van der Waals surface area contributed by atoms with E-state index in [0.29, 0.717) is 0 Å². The molecule has 0 bridgehead atoms. The molecule has 0 aromatic carbocycles. The fourth-order valence-corrected chi connectivity index (χ4v) is 0. The summed E-state index contributed by atoms with van der Waals surface area (Å²) < 4.78 is 0. The smallest absolute Gasteiger partial charge is 1.00 e. The van der Waals surface area contributed by atoms with Gasteiger partial charge in [0.25, 0.3) is 0 Å². The van der Waals surface area contributed by atoms with Gasteiger partial charge >= 0.3 is 23.1 Å². The van der Waals surface area contributed by atoms with Crippen LogP contribution in [0.15, 0.2) is 0 Å². The van der Waals surface area contributed by atoms with E-state index in [0.717, 1.165) is 0 Å². The van der Waals surface area contributed by atoms with E-state index in [-0.39, 0.29) is 40.0 Å². The Kier molecular flexibility index (Phi) is 106. The summed E-state index contributed by atoms with van der Waals surface area (Å²) in [5.41, 5.74) is 0. The van der Waals surface area contributed by atoms with Crippen molar-refractivity contribution in [3.8, 4) is 0 Å². The van der Waals surface area contributed by atoms with Gasteiger partial charge in [-0.05, 0) is 0 Å². The van der Waals surface area contributed by atoms with Gasteiger partial charge in [-0.25, -0.2) is 0 Å². The third-order valence-corrected chi connectivity index (χ3v) is 0. The first-order chi connectivity index (χ1) is 1.00. The molecule has 0 aliphatic heterocycles. The molecule has 0 aliphatic rings. The Hall–Kier alpha value is 1.54. The first-order valence-corrected chi connectivity index (χ1v) is 0.802. The largest absolute Gasteiger partial charge is 2.00 e. The van der Waals surface area contributed by atoms with Gasteiger partial charge in [0.1, 0.15) is 0 Å². The fourth-order valence-electron chi connectivity index (χ4n) is 0. The van der Waals surface area contributed by atoms with Gasteiger partial charge in [0.2, 0.25) is 0 Å². The minimum Gasteiger partial charge on any atom is -1.00 e. The Morgan fingerprint density at radius 1 is 1.25 bits per heavy atom. The third kappa shape index (κ3) is 9.64. The van der Waals surface area contributed by atoms with Crippen LogP contribution in [0.3, 0.4) is 0 Å². The quantitative estimate of drug-likeness (QED) is 0.270. The van der Waals surface area contributed by atoms with Crippen molar-refractivity contribution in [1.29, 1.82) is 0 Å². The maximum atomic E-state index is 4.39. The van der Waals surface area contributed by atoms with Crippen LogP contribution in [-0.2, 0) is 0 Å². The Morgan fingerprint density at radius 3 is 1.25 bits per heavy atom. The SMILES string of the molecule is [Br-].[CH2-]Cl.[Mg+2]. The fraction of sp³-hybridized carbons (Fsp3) is 0. The van der Waals surface area contributed by atoms with Crippen LogP contribution in [-0.4, -0.2) is 23.1 Å². The van der Waals surface area contributed by atoms with E-state index >= 15 is 0 Å². The number of halogens is 2.